The number of halogens is 1. The summed E-state index contributed by atoms with van der Waals surface area (Å²) in [7, 11) is -3.75. The molecule has 0 bridgehead atoms. The van der Waals surface area contributed by atoms with Gasteiger partial charge >= 0.3 is 0 Å². The van der Waals surface area contributed by atoms with E-state index in [0.717, 1.165) is 12.1 Å². The minimum atomic E-state index is -3.75. The number of sulfonamides is 1. The van der Waals surface area contributed by atoms with Gasteiger partial charge < -0.3 is 5.32 Å². The van der Waals surface area contributed by atoms with E-state index in [4.69, 9.17) is 11.6 Å². The molecule has 0 aliphatic carbocycles. The minimum absolute atomic E-state index is 0.0280. The zero-order chi connectivity index (χ0) is 16.2. The number of nitrogens with zero attached hydrogens (tertiary/aromatic N) is 1. The second-order valence-electron chi connectivity index (χ2n) is 4.92. The van der Waals surface area contributed by atoms with Crippen LogP contribution in [0.5, 0.6) is 0 Å². The van der Waals surface area contributed by atoms with Crippen molar-refractivity contribution in [1.82, 2.24) is 4.98 Å². The maximum atomic E-state index is 12.3. The molecule has 2 N–H and O–H groups in total. The van der Waals surface area contributed by atoms with E-state index in [-0.39, 0.29) is 15.7 Å². The molecule has 1 heterocycles. The number of anilines is 2. The maximum absolute atomic E-state index is 12.3. The minimum Gasteiger partial charge on any atom is -0.381 e. The van der Waals surface area contributed by atoms with Crippen LogP contribution in [0.2, 0.25) is 5.02 Å². The molecule has 2 aromatic rings. The highest BCUT2D eigenvalue weighted by Gasteiger charge is 2.17. The lowest BCUT2D eigenvalue weighted by Crippen LogP contribution is -2.15. The molecule has 2 rings (SSSR count). The summed E-state index contributed by atoms with van der Waals surface area (Å²) in [6.45, 7) is 4.14. The van der Waals surface area contributed by atoms with Crippen molar-refractivity contribution < 1.29 is 8.42 Å². The summed E-state index contributed by atoms with van der Waals surface area (Å²) in [6.07, 6.45) is 2.58. The number of hydrogen-bond acceptors (Lipinski definition) is 4. The van der Waals surface area contributed by atoms with Crippen LogP contribution in [0, 0.1) is 0 Å². The first kappa shape index (κ1) is 16.6. The fourth-order valence-corrected chi connectivity index (χ4v) is 3.31. The first-order valence-electron chi connectivity index (χ1n) is 6.92. The van der Waals surface area contributed by atoms with Crippen molar-refractivity contribution in [3.8, 4) is 0 Å². The van der Waals surface area contributed by atoms with E-state index in [9.17, 15) is 8.42 Å². The van der Waals surface area contributed by atoms with Gasteiger partial charge in [0.25, 0.3) is 10.0 Å². The average molecular weight is 340 g/mol. The summed E-state index contributed by atoms with van der Waals surface area (Å²) in [6, 6.07) is 9.99. The number of benzene rings is 1. The Labute approximate surface area is 135 Å². The molecular formula is C15H18ClN3O2S. The number of hydrogen-bond donors (Lipinski definition) is 2. The molecule has 0 aliphatic rings. The summed E-state index contributed by atoms with van der Waals surface area (Å²) in [5.74, 6) is 0.245. The SMILES string of the molecule is CCC(C)Nc1ccc(NS(=O)(=O)c2ccccc2Cl)nc1. The van der Waals surface area contributed by atoms with E-state index in [0.29, 0.717) is 6.04 Å². The monoisotopic (exact) mass is 339 g/mol. The van der Waals surface area contributed by atoms with E-state index in [1.54, 1.807) is 30.5 Å². The maximum Gasteiger partial charge on any atom is 0.264 e. The van der Waals surface area contributed by atoms with Gasteiger partial charge in [0.2, 0.25) is 0 Å². The van der Waals surface area contributed by atoms with Crippen molar-refractivity contribution >= 4 is 33.1 Å². The van der Waals surface area contributed by atoms with Crippen LogP contribution in [0.25, 0.3) is 0 Å². The van der Waals surface area contributed by atoms with Crippen LogP contribution in [-0.4, -0.2) is 19.4 Å². The van der Waals surface area contributed by atoms with E-state index in [1.165, 1.54) is 12.1 Å². The third kappa shape index (κ3) is 4.11. The molecule has 0 aliphatic heterocycles. The highest BCUT2D eigenvalue weighted by Crippen LogP contribution is 2.23. The van der Waals surface area contributed by atoms with Crippen LogP contribution in [-0.2, 0) is 10.0 Å². The Morgan fingerprint density at radius 1 is 1.23 bits per heavy atom. The first-order valence-corrected chi connectivity index (χ1v) is 8.78. The molecule has 1 atom stereocenters. The third-order valence-electron chi connectivity index (χ3n) is 3.15. The van der Waals surface area contributed by atoms with Crippen LogP contribution in [0.4, 0.5) is 11.5 Å². The number of aromatic nitrogens is 1. The molecular weight excluding hydrogens is 322 g/mol. The molecule has 1 unspecified atom stereocenters. The van der Waals surface area contributed by atoms with E-state index in [1.807, 2.05) is 0 Å². The second-order valence-corrected chi connectivity index (χ2v) is 6.98. The van der Waals surface area contributed by atoms with Crippen molar-refractivity contribution in [3.05, 3.63) is 47.6 Å². The smallest absolute Gasteiger partial charge is 0.264 e. The molecule has 0 amide bonds. The quantitative estimate of drug-likeness (QED) is 0.840. The van der Waals surface area contributed by atoms with Crippen molar-refractivity contribution in [2.75, 3.05) is 10.0 Å². The molecule has 118 valence electrons. The van der Waals surface area contributed by atoms with Crippen LogP contribution >= 0.6 is 11.6 Å². The Hall–Kier alpha value is -1.79. The summed E-state index contributed by atoms with van der Waals surface area (Å²) < 4.78 is 27.0. The van der Waals surface area contributed by atoms with Crippen molar-refractivity contribution in [2.24, 2.45) is 0 Å². The van der Waals surface area contributed by atoms with E-state index in [2.05, 4.69) is 28.9 Å². The Balaban J connectivity index is 2.15. The summed E-state index contributed by atoms with van der Waals surface area (Å²) in [4.78, 5) is 4.14. The van der Waals surface area contributed by atoms with Gasteiger partial charge in [-0.1, -0.05) is 30.7 Å². The van der Waals surface area contributed by atoms with Gasteiger partial charge in [-0.15, -0.1) is 0 Å². The molecule has 1 aromatic carbocycles. The van der Waals surface area contributed by atoms with Gasteiger partial charge in [0.15, 0.2) is 0 Å². The second kappa shape index (κ2) is 6.98. The topological polar surface area (TPSA) is 71.1 Å². The summed E-state index contributed by atoms with van der Waals surface area (Å²) in [5.41, 5.74) is 0.843. The number of nitrogens with one attached hydrogen (secondary N) is 2. The van der Waals surface area contributed by atoms with Crippen molar-refractivity contribution in [1.29, 1.82) is 0 Å². The van der Waals surface area contributed by atoms with Gasteiger partial charge in [-0.25, -0.2) is 13.4 Å². The Morgan fingerprint density at radius 3 is 2.55 bits per heavy atom. The molecule has 0 fully saturated rings. The van der Waals surface area contributed by atoms with Gasteiger partial charge in [-0.3, -0.25) is 4.72 Å². The lowest BCUT2D eigenvalue weighted by atomic mass is 10.2. The average Bonchev–Trinajstić information content (AvgIpc) is 2.49. The molecule has 22 heavy (non-hydrogen) atoms. The number of pyridine rings is 1. The molecule has 0 saturated heterocycles. The first-order chi connectivity index (χ1) is 10.4. The van der Waals surface area contributed by atoms with Crippen LogP contribution < -0.4 is 10.0 Å². The van der Waals surface area contributed by atoms with Gasteiger partial charge in [0.1, 0.15) is 10.7 Å². The highest BCUT2D eigenvalue weighted by atomic mass is 35.5. The Bertz CT molecular complexity index is 733. The lowest BCUT2D eigenvalue weighted by molar-refractivity contribution is 0.601. The van der Waals surface area contributed by atoms with Crippen LogP contribution in [0.1, 0.15) is 20.3 Å². The molecule has 0 radical (unpaired) electrons. The predicted octanol–water partition coefficient (Wildman–Crippen LogP) is 3.75. The Kier molecular flexibility index (Phi) is 5.26. The van der Waals surface area contributed by atoms with Gasteiger partial charge in [0, 0.05) is 6.04 Å². The largest absolute Gasteiger partial charge is 0.381 e. The molecule has 0 saturated carbocycles. The summed E-state index contributed by atoms with van der Waals surface area (Å²) in [5, 5.41) is 3.43. The zero-order valence-electron chi connectivity index (χ0n) is 12.4. The van der Waals surface area contributed by atoms with Gasteiger partial charge in [0.05, 0.1) is 16.9 Å². The molecule has 5 nitrogen and oxygen atoms in total. The van der Waals surface area contributed by atoms with Crippen molar-refractivity contribution in [2.45, 2.75) is 31.2 Å². The van der Waals surface area contributed by atoms with Crippen LogP contribution in [0.15, 0.2) is 47.5 Å². The van der Waals surface area contributed by atoms with E-state index >= 15 is 0 Å². The predicted molar refractivity (Wildman–Crippen MR) is 89.9 cm³/mol. The van der Waals surface area contributed by atoms with Gasteiger partial charge in [-0.05, 0) is 37.6 Å². The molecule has 7 heteroatoms. The zero-order valence-corrected chi connectivity index (χ0v) is 13.9. The highest BCUT2D eigenvalue weighted by molar-refractivity contribution is 7.92. The third-order valence-corrected chi connectivity index (χ3v) is 5.01. The van der Waals surface area contributed by atoms with E-state index < -0.39 is 10.0 Å². The number of rotatable bonds is 6. The van der Waals surface area contributed by atoms with Crippen molar-refractivity contribution in [3.63, 3.8) is 0 Å². The lowest BCUT2D eigenvalue weighted by Gasteiger charge is -2.13. The fourth-order valence-electron chi connectivity index (χ4n) is 1.78. The normalized spacial score (nSPS) is 12.7. The Morgan fingerprint density at radius 2 is 1.95 bits per heavy atom. The molecule has 0 spiro atoms. The summed E-state index contributed by atoms with van der Waals surface area (Å²) >= 11 is 5.92. The van der Waals surface area contributed by atoms with Gasteiger partial charge in [-0.2, -0.15) is 0 Å². The standard InChI is InChI=1S/C15H18ClN3O2S/c1-3-11(2)18-12-8-9-15(17-10-12)19-22(20,21)14-7-5-4-6-13(14)16/h4-11,18H,3H2,1-2H3,(H,17,19). The van der Waals surface area contributed by atoms with Crippen LogP contribution in [0.3, 0.4) is 0 Å². The fraction of sp³-hybridized carbons (Fsp3) is 0.267. The molecule has 1 aromatic heterocycles.